The number of anilines is 1. The highest BCUT2D eigenvalue weighted by Gasteiger charge is 2.48. The molecule has 196 valence electrons. The van der Waals surface area contributed by atoms with E-state index < -0.39 is 12.1 Å². The van der Waals surface area contributed by atoms with Crippen LogP contribution < -0.4 is 16.0 Å². The highest BCUT2D eigenvalue weighted by molar-refractivity contribution is 5.90. The molecule has 0 aliphatic carbocycles. The number of amides is 2. The summed E-state index contributed by atoms with van der Waals surface area (Å²) in [5.74, 6) is -0.845. The van der Waals surface area contributed by atoms with Gasteiger partial charge in [0.15, 0.2) is 0 Å². The molecule has 37 heavy (non-hydrogen) atoms. The number of carbonyl (C=O) groups is 2. The molecule has 13 heteroatoms. The third kappa shape index (κ3) is 4.90. The van der Waals surface area contributed by atoms with Crippen molar-refractivity contribution in [1.29, 1.82) is 0 Å². The van der Waals surface area contributed by atoms with Gasteiger partial charge in [0.25, 0.3) is 0 Å². The Bertz CT molecular complexity index is 1310. The van der Waals surface area contributed by atoms with Crippen LogP contribution in [0.2, 0.25) is 0 Å². The molecule has 6 rings (SSSR count). The van der Waals surface area contributed by atoms with Crippen LogP contribution >= 0.6 is 0 Å². The third-order valence-corrected chi connectivity index (χ3v) is 6.91. The molecule has 1 aromatic carbocycles. The molecule has 1 unspecified atom stereocenters. The molecule has 10 nitrogen and oxygen atoms in total. The fourth-order valence-corrected chi connectivity index (χ4v) is 5.12. The average molecular weight is 518 g/mol. The van der Waals surface area contributed by atoms with Crippen molar-refractivity contribution in [3.63, 3.8) is 0 Å². The van der Waals surface area contributed by atoms with Crippen molar-refractivity contribution in [3.05, 3.63) is 54.4 Å². The van der Waals surface area contributed by atoms with Gasteiger partial charge in [-0.25, -0.2) is 19.6 Å². The van der Waals surface area contributed by atoms with Crippen LogP contribution in [0.25, 0.3) is 11.4 Å². The zero-order chi connectivity index (χ0) is 26.2. The first-order valence-corrected chi connectivity index (χ1v) is 11.9. The lowest BCUT2D eigenvalue weighted by molar-refractivity contribution is -0.192. The van der Waals surface area contributed by atoms with E-state index in [1.807, 2.05) is 36.8 Å². The Morgan fingerprint density at radius 1 is 1.19 bits per heavy atom. The average Bonchev–Trinajstić information content (AvgIpc) is 3.54. The maximum atomic E-state index is 12.8. The number of fused-ring (bicyclic) bond motifs is 3. The number of aryl methyl sites for hydroxylation is 1. The SMILES string of the molecule is O=C(Nc1cccc(-c2ncc3n2CCCC3)c1)NC1CC2(CNC2)n2ccnc21.O=C(O)C(F)(F)F. The maximum absolute atomic E-state index is 12.8. The number of hydrogen-bond donors (Lipinski definition) is 4. The molecule has 0 radical (unpaired) electrons. The topological polar surface area (TPSA) is 126 Å². The van der Waals surface area contributed by atoms with E-state index in [1.54, 1.807) is 0 Å². The molecular weight excluding hydrogens is 491 g/mol. The summed E-state index contributed by atoms with van der Waals surface area (Å²) < 4.78 is 36.3. The number of benzene rings is 1. The highest BCUT2D eigenvalue weighted by Crippen LogP contribution is 2.40. The van der Waals surface area contributed by atoms with Gasteiger partial charge in [-0.2, -0.15) is 13.2 Å². The van der Waals surface area contributed by atoms with Crippen molar-refractivity contribution in [2.45, 2.75) is 50.0 Å². The lowest BCUT2D eigenvalue weighted by atomic mass is 9.88. The number of urea groups is 1. The number of nitrogens with one attached hydrogen (secondary N) is 3. The zero-order valence-corrected chi connectivity index (χ0v) is 19.8. The number of alkyl halides is 3. The second-order valence-electron chi connectivity index (χ2n) is 9.40. The van der Waals surface area contributed by atoms with Gasteiger partial charge in [-0.05, 0) is 31.4 Å². The van der Waals surface area contributed by atoms with Gasteiger partial charge in [-0.1, -0.05) is 12.1 Å². The minimum absolute atomic E-state index is 0.0590. The van der Waals surface area contributed by atoms with E-state index in [9.17, 15) is 18.0 Å². The van der Waals surface area contributed by atoms with Gasteiger partial charge in [0.2, 0.25) is 0 Å². The smallest absolute Gasteiger partial charge is 0.475 e. The van der Waals surface area contributed by atoms with Crippen LogP contribution in [0.4, 0.5) is 23.7 Å². The van der Waals surface area contributed by atoms with E-state index in [2.05, 4.69) is 41.1 Å². The molecule has 4 N–H and O–H groups in total. The number of imidazole rings is 2. The minimum Gasteiger partial charge on any atom is -0.475 e. The molecule has 1 fully saturated rings. The highest BCUT2D eigenvalue weighted by atomic mass is 19.4. The molecule has 0 saturated carbocycles. The molecule has 1 spiro atoms. The molecule has 1 atom stereocenters. The molecule has 5 heterocycles. The van der Waals surface area contributed by atoms with Gasteiger partial charge in [0.05, 0.1) is 11.6 Å². The summed E-state index contributed by atoms with van der Waals surface area (Å²) in [6, 6.07) is 7.64. The fourth-order valence-electron chi connectivity index (χ4n) is 5.12. The van der Waals surface area contributed by atoms with Gasteiger partial charge < -0.3 is 30.2 Å². The van der Waals surface area contributed by atoms with E-state index in [1.165, 1.54) is 18.5 Å². The second-order valence-corrected chi connectivity index (χ2v) is 9.40. The van der Waals surface area contributed by atoms with Crippen LogP contribution in [0.3, 0.4) is 0 Å². The first kappa shape index (κ1) is 24.8. The monoisotopic (exact) mass is 517 g/mol. The number of carboxylic acids is 1. The molecule has 2 amide bonds. The molecule has 3 aromatic rings. The minimum atomic E-state index is -5.08. The molecular formula is C24H26F3N7O3. The van der Waals surface area contributed by atoms with Gasteiger partial charge >= 0.3 is 18.2 Å². The van der Waals surface area contributed by atoms with Gasteiger partial charge in [0.1, 0.15) is 11.6 Å². The van der Waals surface area contributed by atoms with Crippen molar-refractivity contribution in [2.75, 3.05) is 18.4 Å². The van der Waals surface area contributed by atoms with Crippen LogP contribution in [0.1, 0.15) is 36.8 Å². The largest absolute Gasteiger partial charge is 0.490 e. The summed E-state index contributed by atoms with van der Waals surface area (Å²) in [5, 5.41) is 16.6. The number of carboxylic acid groups (broad SMARTS) is 1. The van der Waals surface area contributed by atoms with Crippen LogP contribution in [-0.2, 0) is 23.3 Å². The summed E-state index contributed by atoms with van der Waals surface area (Å²) in [5.41, 5.74) is 3.14. The van der Waals surface area contributed by atoms with Gasteiger partial charge in [0, 0.05) is 61.6 Å². The van der Waals surface area contributed by atoms with Crippen LogP contribution in [0, 0.1) is 0 Å². The summed E-state index contributed by atoms with van der Waals surface area (Å²) >= 11 is 0. The van der Waals surface area contributed by atoms with Gasteiger partial charge in [-0.3, -0.25) is 0 Å². The van der Waals surface area contributed by atoms with E-state index in [0.29, 0.717) is 0 Å². The van der Waals surface area contributed by atoms with Crippen molar-refractivity contribution in [3.8, 4) is 11.4 Å². The van der Waals surface area contributed by atoms with Crippen LogP contribution in [0.5, 0.6) is 0 Å². The zero-order valence-electron chi connectivity index (χ0n) is 19.8. The Morgan fingerprint density at radius 2 is 1.97 bits per heavy atom. The number of aromatic nitrogens is 4. The number of nitrogens with zero attached hydrogens (tertiary/aromatic N) is 4. The van der Waals surface area contributed by atoms with Crippen molar-refractivity contribution < 1.29 is 27.9 Å². The molecule has 1 saturated heterocycles. The van der Waals surface area contributed by atoms with Crippen molar-refractivity contribution in [1.82, 2.24) is 29.7 Å². The third-order valence-electron chi connectivity index (χ3n) is 6.91. The van der Waals surface area contributed by atoms with E-state index in [4.69, 9.17) is 9.90 Å². The lowest BCUT2D eigenvalue weighted by Gasteiger charge is -2.40. The Labute approximate surface area is 209 Å². The van der Waals surface area contributed by atoms with Gasteiger partial charge in [-0.15, -0.1) is 0 Å². The standard InChI is InChI=1S/C22H25N7O.C2HF3O2/c30-21(27-18-11-22(13-23-14-22)29-9-7-24-20(18)29)26-16-5-3-4-15(10-16)19-25-12-17-6-1-2-8-28(17)19;3-2(4,5)1(6)7/h3-5,7,9-10,12,18,23H,1-2,6,8,11,13-14H2,(H2,26,27,30);(H,6,7). The lowest BCUT2D eigenvalue weighted by Crippen LogP contribution is -2.59. The Balaban J connectivity index is 0.000000355. The molecule has 3 aliphatic heterocycles. The predicted molar refractivity (Wildman–Crippen MR) is 127 cm³/mol. The Hall–Kier alpha value is -3.87. The summed E-state index contributed by atoms with van der Waals surface area (Å²) in [6.07, 6.45) is 5.10. The summed E-state index contributed by atoms with van der Waals surface area (Å²) in [6.45, 7) is 2.85. The van der Waals surface area contributed by atoms with E-state index in [-0.39, 0.29) is 17.6 Å². The summed E-state index contributed by atoms with van der Waals surface area (Å²) in [7, 11) is 0. The number of halogens is 3. The maximum Gasteiger partial charge on any atom is 0.490 e. The normalized spacial score (nSPS) is 19.2. The van der Waals surface area contributed by atoms with Crippen molar-refractivity contribution in [2.24, 2.45) is 0 Å². The fraction of sp³-hybridized carbons (Fsp3) is 0.417. The Morgan fingerprint density at radius 3 is 2.68 bits per heavy atom. The molecule has 3 aliphatic rings. The second kappa shape index (κ2) is 9.54. The van der Waals surface area contributed by atoms with Crippen molar-refractivity contribution >= 4 is 17.7 Å². The quantitative estimate of drug-likeness (QED) is 0.423. The number of carbonyl (C=O) groups excluding carboxylic acids is 1. The van der Waals surface area contributed by atoms with E-state index in [0.717, 1.165) is 55.4 Å². The number of aliphatic carboxylic acids is 1. The summed E-state index contributed by atoms with van der Waals surface area (Å²) in [4.78, 5) is 30.8. The molecule has 0 bridgehead atoms. The van der Waals surface area contributed by atoms with E-state index >= 15 is 0 Å². The number of hydrogen-bond acceptors (Lipinski definition) is 5. The predicted octanol–water partition coefficient (Wildman–Crippen LogP) is 3.28. The Kier molecular flexibility index (Phi) is 6.40. The first-order chi connectivity index (χ1) is 17.7. The molecule has 2 aromatic heterocycles. The number of rotatable bonds is 3. The first-order valence-electron chi connectivity index (χ1n) is 11.9. The van der Waals surface area contributed by atoms with Crippen LogP contribution in [0.15, 0.2) is 42.9 Å². The van der Waals surface area contributed by atoms with Crippen LogP contribution in [-0.4, -0.2) is 55.5 Å².